The summed E-state index contributed by atoms with van der Waals surface area (Å²) in [6.07, 6.45) is 1.15. The van der Waals surface area contributed by atoms with Crippen molar-refractivity contribution in [1.29, 1.82) is 0 Å². The predicted molar refractivity (Wildman–Crippen MR) is 92.7 cm³/mol. The standard InChI is InChI=1S/C18H20N2O2S/c1-2-20(18(21)12-16-9-6-10-23-16)13-15-11-17(19-22-15)14-7-4-3-5-8-14/h3-10,15H,2,11-13H2,1H3. The molecule has 23 heavy (non-hydrogen) atoms. The number of oxime groups is 1. The van der Waals surface area contributed by atoms with Crippen molar-refractivity contribution >= 4 is 23.0 Å². The molecule has 5 heteroatoms. The molecule has 1 atom stereocenters. The summed E-state index contributed by atoms with van der Waals surface area (Å²) in [5, 5.41) is 6.19. The van der Waals surface area contributed by atoms with Gasteiger partial charge in [0.05, 0.1) is 18.7 Å². The Balaban J connectivity index is 1.55. The van der Waals surface area contributed by atoms with Crippen LogP contribution in [0.2, 0.25) is 0 Å². The van der Waals surface area contributed by atoms with Gasteiger partial charge in [-0.2, -0.15) is 0 Å². The van der Waals surface area contributed by atoms with Crippen molar-refractivity contribution in [2.45, 2.75) is 25.9 Å². The van der Waals surface area contributed by atoms with Crippen LogP contribution in [-0.4, -0.2) is 35.7 Å². The van der Waals surface area contributed by atoms with Gasteiger partial charge in [0.1, 0.15) is 0 Å². The lowest BCUT2D eigenvalue weighted by Gasteiger charge is -2.23. The van der Waals surface area contributed by atoms with Gasteiger partial charge >= 0.3 is 0 Å². The fraction of sp³-hybridized carbons (Fsp3) is 0.333. The molecular formula is C18H20N2O2S. The number of rotatable bonds is 6. The molecule has 0 fully saturated rings. The van der Waals surface area contributed by atoms with Crippen LogP contribution in [-0.2, 0) is 16.1 Å². The van der Waals surface area contributed by atoms with Gasteiger partial charge in [-0.15, -0.1) is 11.3 Å². The van der Waals surface area contributed by atoms with E-state index in [2.05, 4.69) is 5.16 Å². The molecule has 0 radical (unpaired) electrons. The number of benzene rings is 1. The van der Waals surface area contributed by atoms with Crippen molar-refractivity contribution in [3.63, 3.8) is 0 Å². The van der Waals surface area contributed by atoms with Crippen LogP contribution in [0.5, 0.6) is 0 Å². The van der Waals surface area contributed by atoms with E-state index in [0.29, 0.717) is 19.5 Å². The molecule has 0 bridgehead atoms. The molecule has 0 spiro atoms. The Morgan fingerprint density at radius 2 is 2.13 bits per heavy atom. The second kappa shape index (κ2) is 7.42. The molecule has 0 N–H and O–H groups in total. The van der Waals surface area contributed by atoms with E-state index >= 15 is 0 Å². The highest BCUT2D eigenvalue weighted by Gasteiger charge is 2.26. The summed E-state index contributed by atoms with van der Waals surface area (Å²) in [7, 11) is 0. The van der Waals surface area contributed by atoms with Crippen LogP contribution in [0.1, 0.15) is 23.8 Å². The Morgan fingerprint density at radius 1 is 1.30 bits per heavy atom. The van der Waals surface area contributed by atoms with Crippen molar-refractivity contribution in [2.75, 3.05) is 13.1 Å². The Bertz CT molecular complexity index is 668. The molecule has 2 aromatic rings. The summed E-state index contributed by atoms with van der Waals surface area (Å²) in [5.74, 6) is 0.145. The number of nitrogens with zero attached hydrogens (tertiary/aromatic N) is 2. The average Bonchev–Trinajstić information content (AvgIpc) is 3.25. The largest absolute Gasteiger partial charge is 0.390 e. The first-order valence-electron chi connectivity index (χ1n) is 7.84. The molecule has 2 heterocycles. The Hall–Kier alpha value is -2.14. The maximum Gasteiger partial charge on any atom is 0.227 e. The van der Waals surface area contributed by atoms with Gasteiger partial charge in [0.25, 0.3) is 0 Å². The van der Waals surface area contributed by atoms with Crippen LogP contribution in [0.15, 0.2) is 53.0 Å². The third kappa shape index (κ3) is 3.99. The van der Waals surface area contributed by atoms with E-state index in [9.17, 15) is 4.79 Å². The lowest BCUT2D eigenvalue weighted by molar-refractivity contribution is -0.131. The highest BCUT2D eigenvalue weighted by atomic mass is 32.1. The zero-order valence-corrected chi connectivity index (χ0v) is 14.0. The first kappa shape index (κ1) is 15.7. The van der Waals surface area contributed by atoms with E-state index in [1.165, 1.54) is 0 Å². The van der Waals surface area contributed by atoms with Crippen LogP contribution >= 0.6 is 11.3 Å². The average molecular weight is 328 g/mol. The molecule has 1 aromatic carbocycles. The van der Waals surface area contributed by atoms with Gasteiger partial charge in [0.15, 0.2) is 6.10 Å². The lowest BCUT2D eigenvalue weighted by Crippen LogP contribution is -2.38. The van der Waals surface area contributed by atoms with Crippen LogP contribution in [0.3, 0.4) is 0 Å². The zero-order chi connectivity index (χ0) is 16.1. The van der Waals surface area contributed by atoms with Gasteiger partial charge in [-0.25, -0.2) is 0 Å². The number of carbonyl (C=O) groups is 1. The normalized spacial score (nSPS) is 16.7. The van der Waals surface area contributed by atoms with Crippen LogP contribution in [0, 0.1) is 0 Å². The number of likely N-dealkylation sites (N-methyl/N-ethyl adjacent to an activating group) is 1. The molecule has 1 unspecified atom stereocenters. The number of carbonyl (C=O) groups excluding carboxylic acids is 1. The van der Waals surface area contributed by atoms with Crippen LogP contribution in [0.4, 0.5) is 0 Å². The van der Waals surface area contributed by atoms with Gasteiger partial charge < -0.3 is 9.74 Å². The molecule has 3 rings (SSSR count). The highest BCUT2D eigenvalue weighted by molar-refractivity contribution is 7.10. The topological polar surface area (TPSA) is 41.9 Å². The maximum absolute atomic E-state index is 12.4. The molecule has 1 aliphatic rings. The summed E-state index contributed by atoms with van der Waals surface area (Å²) in [5.41, 5.74) is 2.04. The second-order valence-electron chi connectivity index (χ2n) is 5.52. The van der Waals surface area contributed by atoms with E-state index in [-0.39, 0.29) is 12.0 Å². The number of amides is 1. The lowest BCUT2D eigenvalue weighted by atomic mass is 10.0. The fourth-order valence-electron chi connectivity index (χ4n) is 2.65. The van der Waals surface area contributed by atoms with Crippen molar-refractivity contribution in [3.8, 4) is 0 Å². The number of hydrogen-bond donors (Lipinski definition) is 0. The first-order chi connectivity index (χ1) is 11.3. The predicted octanol–water partition coefficient (Wildman–Crippen LogP) is 3.33. The fourth-order valence-corrected chi connectivity index (χ4v) is 3.35. The van der Waals surface area contributed by atoms with Crippen LogP contribution < -0.4 is 0 Å². The highest BCUT2D eigenvalue weighted by Crippen LogP contribution is 2.18. The molecule has 1 aromatic heterocycles. The summed E-state index contributed by atoms with van der Waals surface area (Å²) in [6.45, 7) is 3.27. The number of thiophene rings is 1. The Kier molecular flexibility index (Phi) is 5.08. The summed E-state index contributed by atoms with van der Waals surface area (Å²) >= 11 is 1.62. The summed E-state index contributed by atoms with van der Waals surface area (Å²) < 4.78 is 0. The maximum atomic E-state index is 12.4. The number of hydrogen-bond acceptors (Lipinski definition) is 4. The van der Waals surface area contributed by atoms with E-state index in [1.807, 2.05) is 59.7 Å². The zero-order valence-electron chi connectivity index (χ0n) is 13.1. The van der Waals surface area contributed by atoms with Crippen molar-refractivity contribution < 1.29 is 9.63 Å². The molecule has 1 amide bonds. The summed E-state index contributed by atoms with van der Waals surface area (Å²) in [4.78, 5) is 20.9. The van der Waals surface area contributed by atoms with Gasteiger partial charge in [-0.1, -0.05) is 41.6 Å². The molecule has 4 nitrogen and oxygen atoms in total. The Morgan fingerprint density at radius 3 is 2.83 bits per heavy atom. The Labute approximate surface area is 140 Å². The van der Waals surface area contributed by atoms with Gasteiger partial charge in [-0.3, -0.25) is 4.79 Å². The molecule has 0 saturated carbocycles. The van der Waals surface area contributed by atoms with Crippen molar-refractivity contribution in [1.82, 2.24) is 4.90 Å². The first-order valence-corrected chi connectivity index (χ1v) is 8.72. The summed E-state index contributed by atoms with van der Waals surface area (Å²) in [6, 6.07) is 14.0. The minimum atomic E-state index is -0.0579. The monoisotopic (exact) mass is 328 g/mol. The van der Waals surface area contributed by atoms with E-state index < -0.39 is 0 Å². The molecule has 1 aliphatic heterocycles. The van der Waals surface area contributed by atoms with Gasteiger partial charge in [0, 0.05) is 17.8 Å². The minimum absolute atomic E-state index is 0.0579. The quantitative estimate of drug-likeness (QED) is 0.816. The molecule has 0 aliphatic carbocycles. The third-order valence-corrected chi connectivity index (χ3v) is 4.78. The third-order valence-electron chi connectivity index (χ3n) is 3.90. The van der Waals surface area contributed by atoms with Crippen molar-refractivity contribution in [3.05, 3.63) is 58.3 Å². The molecule has 0 saturated heterocycles. The van der Waals surface area contributed by atoms with E-state index in [0.717, 1.165) is 22.6 Å². The van der Waals surface area contributed by atoms with E-state index in [4.69, 9.17) is 4.84 Å². The minimum Gasteiger partial charge on any atom is -0.390 e. The SMILES string of the molecule is CCN(CC1CC(c2ccccc2)=NO1)C(=O)Cc1cccs1. The second-order valence-corrected chi connectivity index (χ2v) is 6.56. The smallest absolute Gasteiger partial charge is 0.227 e. The molecular weight excluding hydrogens is 308 g/mol. The van der Waals surface area contributed by atoms with Gasteiger partial charge in [0.2, 0.25) is 5.91 Å². The van der Waals surface area contributed by atoms with Gasteiger partial charge in [-0.05, 0) is 23.9 Å². The van der Waals surface area contributed by atoms with E-state index in [1.54, 1.807) is 11.3 Å². The molecule has 120 valence electrons. The van der Waals surface area contributed by atoms with Crippen molar-refractivity contribution in [2.24, 2.45) is 5.16 Å². The van der Waals surface area contributed by atoms with Crippen LogP contribution in [0.25, 0.3) is 0 Å².